The molecule has 29 heavy (non-hydrogen) atoms. The zero-order chi connectivity index (χ0) is 20.2. The van der Waals surface area contributed by atoms with Gasteiger partial charge >= 0.3 is 5.63 Å². The molecule has 1 amide bonds. The number of amides is 1. The minimum Gasteiger partial charge on any atom is -0.427 e. The first-order valence-electron chi connectivity index (χ1n) is 10.5. The molecule has 154 valence electrons. The van der Waals surface area contributed by atoms with Gasteiger partial charge in [-0.3, -0.25) is 4.79 Å². The summed E-state index contributed by atoms with van der Waals surface area (Å²) >= 11 is 0. The number of rotatable bonds is 6. The van der Waals surface area contributed by atoms with Crippen molar-refractivity contribution >= 4 is 11.6 Å². The molecular weight excluding hydrogens is 368 g/mol. The van der Waals surface area contributed by atoms with Crippen LogP contribution in [0, 0.1) is 6.92 Å². The predicted octanol–water partition coefficient (Wildman–Crippen LogP) is 3.02. The van der Waals surface area contributed by atoms with Crippen LogP contribution in [0.3, 0.4) is 0 Å². The van der Waals surface area contributed by atoms with Crippen LogP contribution in [0.1, 0.15) is 52.4 Å². The first-order valence-corrected chi connectivity index (χ1v) is 10.5. The first kappa shape index (κ1) is 19.7. The lowest BCUT2D eigenvalue weighted by molar-refractivity contribution is 0.0948. The standard InChI is InChI=1S/C23H28N2O4/c1-16-14-20(18-9-13-28-15-18)29-23(27)21(16)22(26)24-10-5-12-25-11-4-7-17-6-2-3-8-19(17)25/h2-3,6,8,14,18H,4-5,7,9-13,15H2,1H3,(H,24,26). The van der Waals surface area contributed by atoms with Crippen molar-refractivity contribution in [2.45, 2.75) is 38.5 Å². The Bertz CT molecular complexity index is 931. The highest BCUT2D eigenvalue weighted by Gasteiger charge is 2.24. The monoisotopic (exact) mass is 396 g/mol. The Hall–Kier alpha value is -2.60. The number of para-hydroxylation sites is 1. The summed E-state index contributed by atoms with van der Waals surface area (Å²) in [5.41, 5.74) is 2.90. The van der Waals surface area contributed by atoms with Gasteiger partial charge in [0.1, 0.15) is 11.3 Å². The molecule has 6 nitrogen and oxygen atoms in total. The third kappa shape index (κ3) is 4.37. The molecule has 2 aliphatic heterocycles. The third-order valence-electron chi connectivity index (χ3n) is 5.82. The summed E-state index contributed by atoms with van der Waals surface area (Å²) in [6.07, 6.45) is 3.94. The fourth-order valence-corrected chi connectivity index (χ4v) is 4.27. The summed E-state index contributed by atoms with van der Waals surface area (Å²) in [5.74, 6) is 0.362. The van der Waals surface area contributed by atoms with E-state index in [1.165, 1.54) is 11.3 Å². The minimum atomic E-state index is -0.561. The van der Waals surface area contributed by atoms with E-state index < -0.39 is 5.63 Å². The van der Waals surface area contributed by atoms with Gasteiger partial charge in [-0.15, -0.1) is 0 Å². The van der Waals surface area contributed by atoms with E-state index in [0.717, 1.165) is 38.8 Å². The zero-order valence-electron chi connectivity index (χ0n) is 16.9. The number of carbonyl (C=O) groups is 1. The van der Waals surface area contributed by atoms with E-state index in [0.29, 0.717) is 31.1 Å². The van der Waals surface area contributed by atoms with Gasteiger partial charge in [0.2, 0.25) is 0 Å². The van der Waals surface area contributed by atoms with Crippen molar-refractivity contribution < 1.29 is 13.9 Å². The van der Waals surface area contributed by atoms with Crippen LogP contribution in [0.4, 0.5) is 5.69 Å². The summed E-state index contributed by atoms with van der Waals surface area (Å²) in [4.78, 5) is 27.3. The molecule has 6 heteroatoms. The zero-order valence-corrected chi connectivity index (χ0v) is 16.9. The topological polar surface area (TPSA) is 71.8 Å². The molecule has 4 rings (SSSR count). The molecule has 1 atom stereocenters. The van der Waals surface area contributed by atoms with Crippen LogP contribution in [0.25, 0.3) is 0 Å². The number of nitrogens with zero attached hydrogens (tertiary/aromatic N) is 1. The second-order valence-electron chi connectivity index (χ2n) is 7.88. The molecule has 2 aromatic rings. The van der Waals surface area contributed by atoms with Crippen molar-refractivity contribution in [3.05, 3.63) is 63.2 Å². The Kier molecular flexibility index (Phi) is 6.00. The number of ether oxygens (including phenoxy) is 1. The van der Waals surface area contributed by atoms with E-state index in [2.05, 4.69) is 34.5 Å². The van der Waals surface area contributed by atoms with Crippen molar-refractivity contribution in [3.63, 3.8) is 0 Å². The number of aryl methyl sites for hydroxylation is 2. The van der Waals surface area contributed by atoms with E-state index >= 15 is 0 Å². The highest BCUT2D eigenvalue weighted by molar-refractivity contribution is 5.95. The molecule has 1 unspecified atom stereocenters. The van der Waals surface area contributed by atoms with Crippen LogP contribution in [0.5, 0.6) is 0 Å². The average molecular weight is 396 g/mol. The van der Waals surface area contributed by atoms with Gasteiger partial charge in [0.25, 0.3) is 5.91 Å². The summed E-state index contributed by atoms with van der Waals surface area (Å²) in [7, 11) is 0. The molecule has 0 radical (unpaired) electrons. The van der Waals surface area contributed by atoms with Crippen LogP contribution in [0.15, 0.2) is 39.5 Å². The van der Waals surface area contributed by atoms with Crippen LogP contribution in [-0.4, -0.2) is 38.8 Å². The molecule has 1 aromatic carbocycles. The van der Waals surface area contributed by atoms with Crippen LogP contribution in [-0.2, 0) is 11.2 Å². The predicted molar refractivity (Wildman–Crippen MR) is 112 cm³/mol. The molecule has 0 aliphatic carbocycles. The lowest BCUT2D eigenvalue weighted by atomic mass is 10.0. The van der Waals surface area contributed by atoms with Gasteiger partial charge in [0.05, 0.1) is 6.61 Å². The molecule has 1 aromatic heterocycles. The van der Waals surface area contributed by atoms with E-state index in [-0.39, 0.29) is 17.4 Å². The Labute approximate surface area is 170 Å². The number of benzene rings is 1. The molecule has 0 spiro atoms. The number of carbonyl (C=O) groups excluding carboxylic acids is 1. The largest absolute Gasteiger partial charge is 0.427 e. The van der Waals surface area contributed by atoms with Crippen molar-refractivity contribution in [1.82, 2.24) is 5.32 Å². The molecule has 1 N–H and O–H groups in total. The Morgan fingerprint density at radius 1 is 1.31 bits per heavy atom. The van der Waals surface area contributed by atoms with Crippen molar-refractivity contribution in [2.75, 3.05) is 37.7 Å². The number of fused-ring (bicyclic) bond motifs is 1. The van der Waals surface area contributed by atoms with E-state index in [1.54, 1.807) is 13.0 Å². The second kappa shape index (κ2) is 8.82. The second-order valence-corrected chi connectivity index (χ2v) is 7.88. The lowest BCUT2D eigenvalue weighted by Crippen LogP contribution is -2.34. The highest BCUT2D eigenvalue weighted by Crippen LogP contribution is 2.27. The van der Waals surface area contributed by atoms with Gasteiger partial charge in [-0.05, 0) is 55.9 Å². The van der Waals surface area contributed by atoms with Crippen LogP contribution < -0.4 is 15.8 Å². The van der Waals surface area contributed by atoms with Gasteiger partial charge < -0.3 is 19.4 Å². The van der Waals surface area contributed by atoms with Crippen molar-refractivity contribution in [3.8, 4) is 0 Å². The lowest BCUT2D eigenvalue weighted by Gasteiger charge is -2.31. The summed E-state index contributed by atoms with van der Waals surface area (Å²) < 4.78 is 10.8. The quantitative estimate of drug-likeness (QED) is 0.760. The molecular formula is C23H28N2O4. The molecule has 2 aliphatic rings. The maximum absolute atomic E-state index is 12.6. The number of anilines is 1. The third-order valence-corrected chi connectivity index (χ3v) is 5.82. The van der Waals surface area contributed by atoms with Gasteiger partial charge in [0.15, 0.2) is 0 Å². The average Bonchev–Trinajstić information content (AvgIpc) is 3.26. The Morgan fingerprint density at radius 2 is 2.17 bits per heavy atom. The maximum Gasteiger partial charge on any atom is 0.349 e. The van der Waals surface area contributed by atoms with E-state index in [9.17, 15) is 9.59 Å². The van der Waals surface area contributed by atoms with Crippen molar-refractivity contribution in [2.24, 2.45) is 0 Å². The highest BCUT2D eigenvalue weighted by atomic mass is 16.5. The molecule has 1 fully saturated rings. The maximum atomic E-state index is 12.6. The SMILES string of the molecule is Cc1cc(C2CCOC2)oc(=O)c1C(=O)NCCCN1CCCc2ccccc21. The molecule has 1 saturated heterocycles. The van der Waals surface area contributed by atoms with Gasteiger partial charge in [-0.2, -0.15) is 0 Å². The summed E-state index contributed by atoms with van der Waals surface area (Å²) in [5, 5.41) is 2.88. The van der Waals surface area contributed by atoms with Gasteiger partial charge in [-0.1, -0.05) is 18.2 Å². The summed E-state index contributed by atoms with van der Waals surface area (Å²) in [6.45, 7) is 5.47. The first-order chi connectivity index (χ1) is 14.1. The van der Waals surface area contributed by atoms with Gasteiger partial charge in [-0.25, -0.2) is 4.79 Å². The molecule has 3 heterocycles. The van der Waals surface area contributed by atoms with E-state index in [4.69, 9.17) is 9.15 Å². The normalized spacial score (nSPS) is 18.5. The number of hydrogen-bond acceptors (Lipinski definition) is 5. The summed E-state index contributed by atoms with van der Waals surface area (Å²) in [6, 6.07) is 10.3. The molecule has 0 saturated carbocycles. The Balaban J connectivity index is 1.33. The fourth-order valence-electron chi connectivity index (χ4n) is 4.27. The number of hydrogen-bond donors (Lipinski definition) is 1. The van der Waals surface area contributed by atoms with Crippen LogP contribution >= 0.6 is 0 Å². The smallest absolute Gasteiger partial charge is 0.349 e. The van der Waals surface area contributed by atoms with Gasteiger partial charge in [0, 0.05) is 37.8 Å². The molecule has 0 bridgehead atoms. The number of nitrogens with one attached hydrogen (secondary N) is 1. The Morgan fingerprint density at radius 3 is 2.97 bits per heavy atom. The minimum absolute atomic E-state index is 0.103. The van der Waals surface area contributed by atoms with Crippen molar-refractivity contribution in [1.29, 1.82) is 0 Å². The fraction of sp³-hybridized carbons (Fsp3) is 0.478. The van der Waals surface area contributed by atoms with E-state index in [1.807, 2.05) is 0 Å². The van der Waals surface area contributed by atoms with Crippen LogP contribution in [0.2, 0.25) is 0 Å².